The molecular formula is C16H13BrF2N2O3. The van der Waals surface area contributed by atoms with Crippen LogP contribution in [0.15, 0.2) is 39.6 Å². The highest BCUT2D eigenvalue weighted by atomic mass is 79.9. The van der Waals surface area contributed by atoms with Gasteiger partial charge in [-0.1, -0.05) is 15.9 Å². The summed E-state index contributed by atoms with van der Waals surface area (Å²) in [6.07, 6.45) is 0. The first-order valence-corrected chi connectivity index (χ1v) is 7.71. The van der Waals surface area contributed by atoms with Crippen LogP contribution in [0.2, 0.25) is 0 Å². The molecule has 0 bridgehead atoms. The number of imidazole rings is 1. The van der Waals surface area contributed by atoms with Crippen LogP contribution in [0.1, 0.15) is 0 Å². The zero-order valence-corrected chi connectivity index (χ0v) is 14.4. The molecule has 0 saturated heterocycles. The van der Waals surface area contributed by atoms with Gasteiger partial charge in [-0.2, -0.15) is 0 Å². The minimum absolute atomic E-state index is 0.0716. The Morgan fingerprint density at radius 1 is 1.17 bits per heavy atom. The van der Waals surface area contributed by atoms with Crippen LogP contribution in [0, 0.1) is 11.6 Å². The van der Waals surface area contributed by atoms with Crippen LogP contribution in [-0.4, -0.2) is 23.4 Å². The van der Waals surface area contributed by atoms with Gasteiger partial charge in [0, 0.05) is 17.6 Å². The second-order valence-corrected chi connectivity index (χ2v) is 5.93. The number of ether oxygens (including phenoxy) is 2. The van der Waals surface area contributed by atoms with Crippen LogP contribution in [0.5, 0.6) is 5.75 Å². The lowest BCUT2D eigenvalue weighted by Crippen LogP contribution is -2.23. The van der Waals surface area contributed by atoms with Crippen LogP contribution in [0.3, 0.4) is 0 Å². The van der Waals surface area contributed by atoms with Crippen molar-refractivity contribution >= 4 is 27.0 Å². The Kier molecular flexibility index (Phi) is 4.42. The maximum Gasteiger partial charge on any atom is 0.335 e. The van der Waals surface area contributed by atoms with Gasteiger partial charge in [0.25, 0.3) is 0 Å². The molecule has 1 heterocycles. The van der Waals surface area contributed by atoms with E-state index in [1.807, 2.05) is 0 Å². The summed E-state index contributed by atoms with van der Waals surface area (Å²) in [6.45, 7) is -0.135. The fourth-order valence-electron chi connectivity index (χ4n) is 2.59. The van der Waals surface area contributed by atoms with Crippen LogP contribution in [-0.2, 0) is 11.5 Å². The number of hydrogen-bond donors (Lipinski definition) is 0. The van der Waals surface area contributed by atoms with Gasteiger partial charge >= 0.3 is 5.69 Å². The summed E-state index contributed by atoms with van der Waals surface area (Å²) in [6, 6.07) is 7.81. The molecule has 5 nitrogen and oxygen atoms in total. The molecule has 0 radical (unpaired) electrons. The fraction of sp³-hybridized carbons (Fsp3) is 0.188. The monoisotopic (exact) mass is 398 g/mol. The third kappa shape index (κ3) is 2.51. The van der Waals surface area contributed by atoms with Gasteiger partial charge in [0.15, 0.2) is 17.4 Å². The molecule has 0 atom stereocenters. The highest BCUT2D eigenvalue weighted by Crippen LogP contribution is 2.30. The van der Waals surface area contributed by atoms with Crippen LogP contribution in [0.4, 0.5) is 8.78 Å². The molecule has 8 heteroatoms. The quantitative estimate of drug-likeness (QED) is 0.675. The number of benzene rings is 2. The van der Waals surface area contributed by atoms with Crippen molar-refractivity contribution < 1.29 is 18.3 Å². The molecule has 1 aromatic heterocycles. The first kappa shape index (κ1) is 16.7. The topological polar surface area (TPSA) is 45.4 Å². The number of methoxy groups -OCH3 is 2. The molecule has 0 aliphatic heterocycles. The van der Waals surface area contributed by atoms with Crippen molar-refractivity contribution in [1.82, 2.24) is 9.13 Å². The molecule has 126 valence electrons. The Morgan fingerprint density at radius 2 is 1.83 bits per heavy atom. The summed E-state index contributed by atoms with van der Waals surface area (Å²) >= 11 is 3.31. The van der Waals surface area contributed by atoms with Crippen LogP contribution >= 0.6 is 15.9 Å². The summed E-state index contributed by atoms with van der Waals surface area (Å²) in [4.78, 5) is 12.7. The predicted octanol–water partition coefficient (Wildman–Crippen LogP) is 3.45. The maximum atomic E-state index is 14.8. The number of aromatic nitrogens is 2. The average Bonchev–Trinajstić information content (AvgIpc) is 2.82. The Hall–Kier alpha value is -2.19. The largest absolute Gasteiger partial charge is 0.491 e. The van der Waals surface area contributed by atoms with Gasteiger partial charge in [-0.15, -0.1) is 0 Å². The molecule has 3 rings (SSSR count). The van der Waals surface area contributed by atoms with Gasteiger partial charge < -0.3 is 9.47 Å². The number of hydrogen-bond acceptors (Lipinski definition) is 3. The average molecular weight is 399 g/mol. The number of fused-ring (bicyclic) bond motifs is 1. The Labute approximate surface area is 144 Å². The van der Waals surface area contributed by atoms with Crippen molar-refractivity contribution in [1.29, 1.82) is 0 Å². The van der Waals surface area contributed by atoms with Crippen molar-refractivity contribution in [3.63, 3.8) is 0 Å². The van der Waals surface area contributed by atoms with Crippen molar-refractivity contribution in [3.05, 3.63) is 56.9 Å². The lowest BCUT2D eigenvalue weighted by Gasteiger charge is -2.08. The molecule has 0 spiro atoms. The van der Waals surface area contributed by atoms with E-state index in [0.29, 0.717) is 5.69 Å². The second-order valence-electron chi connectivity index (χ2n) is 5.01. The fourth-order valence-corrected chi connectivity index (χ4v) is 2.85. The molecule has 0 amide bonds. The molecule has 0 saturated carbocycles. The van der Waals surface area contributed by atoms with Gasteiger partial charge in [-0.25, -0.2) is 13.6 Å². The number of halogens is 3. The zero-order chi connectivity index (χ0) is 17.4. The van der Waals surface area contributed by atoms with Gasteiger partial charge in [0.2, 0.25) is 0 Å². The van der Waals surface area contributed by atoms with Crippen molar-refractivity contribution in [2.75, 3.05) is 14.2 Å². The van der Waals surface area contributed by atoms with E-state index in [2.05, 4.69) is 15.9 Å². The van der Waals surface area contributed by atoms with E-state index in [4.69, 9.17) is 9.47 Å². The second kappa shape index (κ2) is 6.37. The number of nitrogens with zero attached hydrogens (tertiary/aromatic N) is 2. The molecule has 2 aromatic carbocycles. The molecule has 0 fully saturated rings. The van der Waals surface area contributed by atoms with Gasteiger partial charge in [-0.3, -0.25) is 9.13 Å². The van der Waals surface area contributed by atoms with Gasteiger partial charge in [0.05, 0.1) is 18.3 Å². The minimum Gasteiger partial charge on any atom is -0.491 e. The molecule has 24 heavy (non-hydrogen) atoms. The van der Waals surface area contributed by atoms with E-state index < -0.39 is 23.1 Å². The lowest BCUT2D eigenvalue weighted by atomic mass is 10.2. The first-order chi connectivity index (χ1) is 11.5. The van der Waals surface area contributed by atoms with E-state index >= 15 is 0 Å². The summed E-state index contributed by atoms with van der Waals surface area (Å²) < 4.78 is 41.8. The summed E-state index contributed by atoms with van der Waals surface area (Å²) in [5, 5.41) is 0. The third-order valence-electron chi connectivity index (χ3n) is 3.61. The Bertz CT molecular complexity index is 964. The standard InChI is InChI=1S/C16H13BrF2N2O3/c1-23-8-20-12-7-11(18)15(24-2)13(19)14(12)21(16(20)22)10-5-3-9(17)4-6-10/h3-7H,8H2,1-2H3. The van der Waals surface area contributed by atoms with E-state index in [9.17, 15) is 13.6 Å². The smallest absolute Gasteiger partial charge is 0.335 e. The lowest BCUT2D eigenvalue weighted by molar-refractivity contribution is 0.131. The number of rotatable bonds is 4. The van der Waals surface area contributed by atoms with E-state index in [1.165, 1.54) is 14.2 Å². The van der Waals surface area contributed by atoms with Crippen molar-refractivity contribution in [2.45, 2.75) is 6.73 Å². The normalized spacial score (nSPS) is 11.2. The minimum atomic E-state index is -0.942. The van der Waals surface area contributed by atoms with Gasteiger partial charge in [-0.05, 0) is 24.3 Å². The molecule has 0 unspecified atom stereocenters. The molecule has 3 aromatic rings. The summed E-state index contributed by atoms with van der Waals surface area (Å²) in [5.41, 5.74) is -0.0884. The highest BCUT2D eigenvalue weighted by Gasteiger charge is 2.24. The molecular weight excluding hydrogens is 386 g/mol. The maximum absolute atomic E-state index is 14.8. The predicted molar refractivity (Wildman–Crippen MR) is 88.7 cm³/mol. The zero-order valence-electron chi connectivity index (χ0n) is 12.8. The van der Waals surface area contributed by atoms with Crippen molar-refractivity contribution in [2.24, 2.45) is 0 Å². The van der Waals surface area contributed by atoms with Crippen molar-refractivity contribution in [3.8, 4) is 11.4 Å². The molecule has 0 aliphatic rings. The molecule has 0 aliphatic carbocycles. The van der Waals surface area contributed by atoms with E-state index in [0.717, 1.165) is 19.7 Å². The van der Waals surface area contributed by atoms with E-state index in [1.54, 1.807) is 24.3 Å². The van der Waals surface area contributed by atoms with Crippen LogP contribution < -0.4 is 10.4 Å². The Morgan fingerprint density at radius 3 is 2.42 bits per heavy atom. The van der Waals surface area contributed by atoms with Gasteiger partial charge in [0.1, 0.15) is 12.2 Å². The first-order valence-electron chi connectivity index (χ1n) is 6.91. The highest BCUT2D eigenvalue weighted by molar-refractivity contribution is 9.10. The summed E-state index contributed by atoms with van der Waals surface area (Å²) in [7, 11) is 2.56. The third-order valence-corrected chi connectivity index (χ3v) is 4.14. The van der Waals surface area contributed by atoms with E-state index in [-0.39, 0.29) is 17.8 Å². The molecule has 0 N–H and O–H groups in total. The Balaban J connectivity index is 2.45. The van der Waals surface area contributed by atoms with Crippen LogP contribution in [0.25, 0.3) is 16.7 Å². The SMILES string of the molecule is COCn1c(=O)n(-c2ccc(Br)cc2)c2c(F)c(OC)c(F)cc21. The summed E-state index contributed by atoms with van der Waals surface area (Å²) in [5.74, 6) is -2.37.